The number of nitrogens with zero attached hydrogens (tertiary/aromatic N) is 2. The number of aryl methyl sites for hydroxylation is 2. The van der Waals surface area contributed by atoms with Crippen LogP contribution in [0.4, 0.5) is 18.9 Å². The molecule has 5 nitrogen and oxygen atoms in total. The number of anilines is 1. The van der Waals surface area contributed by atoms with Gasteiger partial charge in [0.15, 0.2) is 0 Å². The van der Waals surface area contributed by atoms with Gasteiger partial charge in [0.2, 0.25) is 0 Å². The molecule has 2 aromatic carbocycles. The van der Waals surface area contributed by atoms with Crippen molar-refractivity contribution in [3.05, 3.63) is 88.8 Å². The van der Waals surface area contributed by atoms with Crippen LogP contribution >= 0.6 is 0 Å². The van der Waals surface area contributed by atoms with Crippen LogP contribution in [0.15, 0.2) is 65.9 Å². The first kappa shape index (κ1) is 32.8. The fourth-order valence-electron chi connectivity index (χ4n) is 4.45. The van der Waals surface area contributed by atoms with Crippen molar-refractivity contribution in [2.24, 2.45) is 4.99 Å². The first-order valence-electron chi connectivity index (χ1n) is 14.0. The van der Waals surface area contributed by atoms with E-state index in [9.17, 15) is 18.0 Å². The van der Waals surface area contributed by atoms with Crippen molar-refractivity contribution in [1.29, 1.82) is 0 Å². The van der Waals surface area contributed by atoms with Gasteiger partial charge in [-0.05, 0) is 112 Å². The summed E-state index contributed by atoms with van der Waals surface area (Å²) in [5, 5.41) is 5.98. The molecule has 0 aliphatic carbocycles. The van der Waals surface area contributed by atoms with Crippen LogP contribution in [0.5, 0.6) is 0 Å². The summed E-state index contributed by atoms with van der Waals surface area (Å²) in [7, 11) is 2.05. The Morgan fingerprint density at radius 1 is 1.02 bits per heavy atom. The van der Waals surface area contributed by atoms with Crippen LogP contribution in [0, 0.1) is 0 Å². The highest BCUT2D eigenvalue weighted by molar-refractivity contribution is 6.04. The second-order valence-corrected chi connectivity index (χ2v) is 9.91. The Morgan fingerprint density at radius 3 is 2.45 bits per heavy atom. The third-order valence-corrected chi connectivity index (χ3v) is 6.49. The molecule has 2 N–H and O–H groups in total. The molecule has 218 valence electrons. The Hall–Kier alpha value is -3.39. The zero-order valence-electron chi connectivity index (χ0n) is 24.2. The van der Waals surface area contributed by atoms with Gasteiger partial charge in [-0.15, -0.1) is 0 Å². The molecule has 2 aromatic rings. The van der Waals surface area contributed by atoms with Gasteiger partial charge in [0.1, 0.15) is 0 Å². The fourth-order valence-corrected chi connectivity index (χ4v) is 4.45. The second-order valence-electron chi connectivity index (χ2n) is 9.91. The number of carbonyl (C=O) groups excluding carboxylic acids is 1. The maximum atomic E-state index is 13.7. The molecule has 0 heterocycles. The number of amides is 1. The summed E-state index contributed by atoms with van der Waals surface area (Å²) in [5.41, 5.74) is 3.09. The van der Waals surface area contributed by atoms with Crippen molar-refractivity contribution < 1.29 is 18.0 Å². The van der Waals surface area contributed by atoms with Crippen molar-refractivity contribution in [3.8, 4) is 0 Å². The molecule has 0 aliphatic heterocycles. The predicted octanol–water partition coefficient (Wildman–Crippen LogP) is 7.78. The van der Waals surface area contributed by atoms with Gasteiger partial charge in [-0.1, -0.05) is 32.9 Å². The number of rotatable bonds is 16. The SMILES string of the molecule is C=C/C(=C\N=C/C)NCc1cc(C(=O)Nc2cc(CCCCN(C)CCC)cc(C(F)(F)F)c2)ccc1CCC. The lowest BCUT2D eigenvalue weighted by atomic mass is 9.99. The monoisotopic (exact) mass is 556 g/mol. The number of aliphatic imine (C=N–C) groups is 1. The Bertz CT molecular complexity index is 1170. The molecule has 0 unspecified atom stereocenters. The molecule has 0 bridgehead atoms. The van der Waals surface area contributed by atoms with Crippen LogP contribution in [0.3, 0.4) is 0 Å². The summed E-state index contributed by atoms with van der Waals surface area (Å²) in [6.45, 7) is 12.2. The number of carbonyl (C=O) groups is 1. The zero-order valence-corrected chi connectivity index (χ0v) is 24.2. The third kappa shape index (κ3) is 11.0. The molecule has 0 aromatic heterocycles. The average Bonchev–Trinajstić information content (AvgIpc) is 2.91. The van der Waals surface area contributed by atoms with E-state index in [4.69, 9.17) is 0 Å². The van der Waals surface area contributed by atoms with E-state index in [0.717, 1.165) is 68.1 Å². The Balaban J connectivity index is 2.23. The molecule has 0 atom stereocenters. The molecule has 0 radical (unpaired) electrons. The van der Waals surface area contributed by atoms with Gasteiger partial charge < -0.3 is 15.5 Å². The van der Waals surface area contributed by atoms with Gasteiger partial charge in [0.05, 0.1) is 11.3 Å². The summed E-state index contributed by atoms with van der Waals surface area (Å²) in [6.07, 6.45) is 5.50. The number of hydrogen-bond acceptors (Lipinski definition) is 4. The first-order valence-corrected chi connectivity index (χ1v) is 14.0. The molecule has 0 spiro atoms. The van der Waals surface area contributed by atoms with Crippen LogP contribution in [0.2, 0.25) is 0 Å². The average molecular weight is 557 g/mol. The van der Waals surface area contributed by atoms with E-state index in [1.165, 1.54) is 6.07 Å². The molecular weight excluding hydrogens is 513 g/mol. The summed E-state index contributed by atoms with van der Waals surface area (Å²) in [4.78, 5) is 19.5. The minimum Gasteiger partial charge on any atom is -0.380 e. The highest BCUT2D eigenvalue weighted by Gasteiger charge is 2.31. The largest absolute Gasteiger partial charge is 0.416 e. The van der Waals surface area contributed by atoms with E-state index in [-0.39, 0.29) is 5.69 Å². The number of alkyl halides is 3. The second kappa shape index (κ2) is 16.7. The molecule has 8 heteroatoms. The number of allylic oxidation sites excluding steroid dienone is 1. The fraction of sp³-hybridized carbons (Fsp3) is 0.438. The van der Waals surface area contributed by atoms with Crippen LogP contribution in [0.1, 0.15) is 79.1 Å². The molecule has 0 aliphatic rings. The highest BCUT2D eigenvalue weighted by atomic mass is 19.4. The maximum absolute atomic E-state index is 13.7. The smallest absolute Gasteiger partial charge is 0.380 e. The molecule has 0 fully saturated rings. The predicted molar refractivity (Wildman–Crippen MR) is 160 cm³/mol. The molecule has 2 rings (SSSR count). The number of hydrogen-bond donors (Lipinski definition) is 2. The van der Waals surface area contributed by atoms with Gasteiger partial charge in [-0.3, -0.25) is 9.79 Å². The van der Waals surface area contributed by atoms with E-state index in [2.05, 4.69) is 41.0 Å². The summed E-state index contributed by atoms with van der Waals surface area (Å²) in [5.74, 6) is -0.453. The molecule has 0 saturated heterocycles. The number of halogens is 3. The summed E-state index contributed by atoms with van der Waals surface area (Å²) >= 11 is 0. The van der Waals surface area contributed by atoms with Crippen LogP contribution < -0.4 is 10.6 Å². The maximum Gasteiger partial charge on any atom is 0.416 e. The Kier molecular flexibility index (Phi) is 13.7. The topological polar surface area (TPSA) is 56.7 Å². The van der Waals surface area contributed by atoms with Crippen molar-refractivity contribution in [2.75, 3.05) is 25.5 Å². The summed E-state index contributed by atoms with van der Waals surface area (Å²) in [6, 6.07) is 9.24. The standard InChI is InChI=1S/C32H43F3N4O/c1-6-12-25-14-15-26(20-27(25)22-37-29(8-3)23-36-9-4)31(40)38-30-19-24(18-28(21-30)32(33,34)35)13-10-11-17-39(5)16-7-2/h8-9,14-15,18-21,23,37H,3,6-7,10-13,16-17,22H2,1-2,4-5H3,(H,38,40)/b29-23+,36-9-. The van der Waals surface area contributed by atoms with E-state index >= 15 is 0 Å². The van der Waals surface area contributed by atoms with Gasteiger partial charge >= 0.3 is 6.18 Å². The van der Waals surface area contributed by atoms with Gasteiger partial charge in [-0.25, -0.2) is 0 Å². The van der Waals surface area contributed by atoms with Gasteiger partial charge in [0, 0.05) is 30.2 Å². The van der Waals surface area contributed by atoms with Crippen LogP contribution in [-0.4, -0.2) is 37.2 Å². The zero-order chi connectivity index (χ0) is 29.5. The van der Waals surface area contributed by atoms with Crippen molar-refractivity contribution in [2.45, 2.75) is 72.0 Å². The van der Waals surface area contributed by atoms with E-state index < -0.39 is 17.6 Å². The van der Waals surface area contributed by atoms with Crippen molar-refractivity contribution >= 4 is 17.8 Å². The van der Waals surface area contributed by atoms with Crippen molar-refractivity contribution in [1.82, 2.24) is 10.2 Å². The number of benzene rings is 2. The highest BCUT2D eigenvalue weighted by Crippen LogP contribution is 2.32. The first-order chi connectivity index (χ1) is 19.1. The molecule has 1 amide bonds. The summed E-state index contributed by atoms with van der Waals surface area (Å²) < 4.78 is 41.0. The number of nitrogens with one attached hydrogen (secondary N) is 2. The lowest BCUT2D eigenvalue weighted by Crippen LogP contribution is -2.20. The number of unbranched alkanes of at least 4 members (excludes halogenated alkanes) is 1. The molecular formula is C32H43F3N4O. The Morgan fingerprint density at radius 2 is 1.80 bits per heavy atom. The van der Waals surface area contributed by atoms with Crippen molar-refractivity contribution in [3.63, 3.8) is 0 Å². The van der Waals surface area contributed by atoms with Crippen LogP contribution in [0.25, 0.3) is 0 Å². The van der Waals surface area contributed by atoms with E-state index in [1.807, 2.05) is 20.0 Å². The Labute approximate surface area is 237 Å². The third-order valence-electron chi connectivity index (χ3n) is 6.49. The van der Waals surface area contributed by atoms with Gasteiger partial charge in [-0.2, -0.15) is 13.2 Å². The minimum absolute atomic E-state index is 0.143. The van der Waals surface area contributed by atoms with E-state index in [0.29, 0.717) is 24.1 Å². The van der Waals surface area contributed by atoms with E-state index in [1.54, 1.807) is 36.7 Å². The lowest BCUT2D eigenvalue weighted by Gasteiger charge is -2.16. The lowest BCUT2D eigenvalue weighted by molar-refractivity contribution is -0.137. The van der Waals surface area contributed by atoms with Gasteiger partial charge in [0.25, 0.3) is 5.91 Å². The molecule has 0 saturated carbocycles. The van der Waals surface area contributed by atoms with Crippen LogP contribution in [-0.2, 0) is 25.6 Å². The minimum atomic E-state index is -4.50. The molecule has 40 heavy (non-hydrogen) atoms. The quantitative estimate of drug-likeness (QED) is 0.126. The normalized spacial score (nSPS) is 12.2.